The molecular formula is C22H19ClN2O4S2. The van der Waals surface area contributed by atoms with E-state index < -0.39 is 9.84 Å². The number of aromatic nitrogens is 1. The molecule has 6 nitrogen and oxygen atoms in total. The molecular weight excluding hydrogens is 456 g/mol. The standard InChI is InChI=1S/C22H19ClN2O4S2/c1-3-31(27,28)17-9-7-15(8-10-17)21(26)25(13-16-5-4-12-29-16)22-24-19-14(2)6-11-18(23)20(19)30-22/h4-12H,3,13H2,1-2H3. The highest BCUT2D eigenvalue weighted by Gasteiger charge is 2.24. The van der Waals surface area contributed by atoms with Crippen molar-refractivity contribution < 1.29 is 17.6 Å². The molecule has 2 aromatic heterocycles. The Morgan fingerprint density at radius 1 is 1.16 bits per heavy atom. The number of carbonyl (C=O) groups is 1. The van der Waals surface area contributed by atoms with Gasteiger partial charge in [0.2, 0.25) is 0 Å². The molecule has 31 heavy (non-hydrogen) atoms. The van der Waals surface area contributed by atoms with Crippen LogP contribution in [-0.2, 0) is 16.4 Å². The molecule has 0 radical (unpaired) electrons. The van der Waals surface area contributed by atoms with Gasteiger partial charge in [0, 0.05) is 5.56 Å². The molecule has 0 aliphatic heterocycles. The summed E-state index contributed by atoms with van der Waals surface area (Å²) in [7, 11) is -3.35. The van der Waals surface area contributed by atoms with Crippen LogP contribution in [0.1, 0.15) is 28.6 Å². The summed E-state index contributed by atoms with van der Waals surface area (Å²) in [5.74, 6) is 0.279. The van der Waals surface area contributed by atoms with Crippen LogP contribution in [0, 0.1) is 6.92 Å². The van der Waals surface area contributed by atoms with Crippen LogP contribution in [-0.4, -0.2) is 25.1 Å². The van der Waals surface area contributed by atoms with E-state index in [4.69, 9.17) is 16.0 Å². The fourth-order valence-electron chi connectivity index (χ4n) is 3.12. The van der Waals surface area contributed by atoms with Crippen LogP contribution in [0.5, 0.6) is 0 Å². The minimum atomic E-state index is -3.35. The van der Waals surface area contributed by atoms with E-state index in [0.29, 0.717) is 21.5 Å². The SMILES string of the molecule is CCS(=O)(=O)c1ccc(C(=O)N(Cc2ccco2)c2nc3c(C)ccc(Cl)c3s2)cc1. The number of carbonyl (C=O) groups excluding carboxylic acids is 1. The summed E-state index contributed by atoms with van der Waals surface area (Å²) in [6.45, 7) is 3.70. The smallest absolute Gasteiger partial charge is 0.260 e. The summed E-state index contributed by atoms with van der Waals surface area (Å²) < 4.78 is 30.4. The second kappa shape index (κ2) is 8.45. The molecule has 2 heterocycles. The first kappa shape index (κ1) is 21.5. The van der Waals surface area contributed by atoms with Crippen molar-refractivity contribution in [3.05, 3.63) is 76.7 Å². The minimum absolute atomic E-state index is 0.00325. The van der Waals surface area contributed by atoms with Crippen LogP contribution < -0.4 is 4.90 Å². The number of sulfone groups is 1. The van der Waals surface area contributed by atoms with Gasteiger partial charge in [0.05, 0.1) is 38.7 Å². The molecule has 160 valence electrons. The van der Waals surface area contributed by atoms with Crippen LogP contribution in [0.2, 0.25) is 5.02 Å². The number of nitrogens with zero attached hydrogens (tertiary/aromatic N) is 2. The number of benzene rings is 2. The van der Waals surface area contributed by atoms with Gasteiger partial charge in [-0.1, -0.05) is 35.9 Å². The van der Waals surface area contributed by atoms with Crippen molar-refractivity contribution in [1.82, 2.24) is 4.98 Å². The third-order valence-electron chi connectivity index (χ3n) is 4.90. The molecule has 4 aromatic rings. The molecule has 0 spiro atoms. The lowest BCUT2D eigenvalue weighted by Gasteiger charge is -2.19. The van der Waals surface area contributed by atoms with Gasteiger partial charge in [-0.2, -0.15) is 0 Å². The van der Waals surface area contributed by atoms with Crippen LogP contribution in [0.15, 0.2) is 64.1 Å². The summed E-state index contributed by atoms with van der Waals surface area (Å²) in [6.07, 6.45) is 1.54. The normalized spacial score (nSPS) is 11.7. The number of thiazole rings is 1. The Morgan fingerprint density at radius 2 is 1.90 bits per heavy atom. The Hall–Kier alpha value is -2.68. The lowest BCUT2D eigenvalue weighted by Crippen LogP contribution is -2.30. The van der Waals surface area contributed by atoms with Gasteiger partial charge in [0.25, 0.3) is 5.91 Å². The van der Waals surface area contributed by atoms with Gasteiger partial charge in [0.15, 0.2) is 15.0 Å². The van der Waals surface area contributed by atoms with Gasteiger partial charge < -0.3 is 4.42 Å². The molecule has 4 rings (SSSR count). The number of hydrogen-bond donors (Lipinski definition) is 0. The topological polar surface area (TPSA) is 80.5 Å². The quantitative estimate of drug-likeness (QED) is 0.369. The third kappa shape index (κ3) is 4.23. The Morgan fingerprint density at radius 3 is 2.52 bits per heavy atom. The van der Waals surface area contributed by atoms with Crippen molar-refractivity contribution in [1.29, 1.82) is 0 Å². The number of aryl methyl sites for hydroxylation is 1. The van der Waals surface area contributed by atoms with Crippen LogP contribution >= 0.6 is 22.9 Å². The zero-order valence-electron chi connectivity index (χ0n) is 16.8. The highest BCUT2D eigenvalue weighted by Crippen LogP contribution is 2.36. The van der Waals surface area contributed by atoms with Crippen molar-refractivity contribution in [3.63, 3.8) is 0 Å². The van der Waals surface area contributed by atoms with E-state index >= 15 is 0 Å². The molecule has 0 fully saturated rings. The molecule has 1 amide bonds. The van der Waals surface area contributed by atoms with Crippen LogP contribution in [0.25, 0.3) is 10.2 Å². The van der Waals surface area contributed by atoms with E-state index in [1.165, 1.54) is 40.5 Å². The van der Waals surface area contributed by atoms with Crippen molar-refractivity contribution >= 4 is 54.0 Å². The maximum Gasteiger partial charge on any atom is 0.260 e. The second-order valence-electron chi connectivity index (χ2n) is 6.94. The van der Waals surface area contributed by atoms with Crippen molar-refractivity contribution in [2.45, 2.75) is 25.3 Å². The zero-order chi connectivity index (χ0) is 22.2. The van der Waals surface area contributed by atoms with Gasteiger partial charge in [-0.15, -0.1) is 0 Å². The maximum atomic E-state index is 13.4. The van der Waals surface area contributed by atoms with E-state index in [0.717, 1.165) is 15.8 Å². The molecule has 2 aromatic carbocycles. The molecule has 0 aliphatic carbocycles. The molecule has 0 unspecified atom stereocenters. The number of furan rings is 1. The van der Waals surface area contributed by atoms with Gasteiger partial charge >= 0.3 is 0 Å². The zero-order valence-corrected chi connectivity index (χ0v) is 19.2. The minimum Gasteiger partial charge on any atom is -0.467 e. The summed E-state index contributed by atoms with van der Waals surface area (Å²) in [5, 5.41) is 1.06. The van der Waals surface area contributed by atoms with E-state index in [1.54, 1.807) is 25.3 Å². The second-order valence-corrected chi connectivity index (χ2v) is 10.6. The molecule has 0 N–H and O–H groups in total. The third-order valence-corrected chi connectivity index (χ3v) is 8.19. The molecule has 0 bridgehead atoms. The first-order chi connectivity index (χ1) is 14.8. The average Bonchev–Trinajstić information content (AvgIpc) is 3.45. The Balaban J connectivity index is 1.76. The molecule has 0 aliphatic rings. The lowest BCUT2D eigenvalue weighted by atomic mass is 10.2. The van der Waals surface area contributed by atoms with E-state index in [1.807, 2.05) is 19.1 Å². The Kier molecular flexibility index (Phi) is 5.88. The highest BCUT2D eigenvalue weighted by molar-refractivity contribution is 7.91. The summed E-state index contributed by atoms with van der Waals surface area (Å²) in [6, 6.07) is 13.2. The van der Waals surface area contributed by atoms with Crippen LogP contribution in [0.3, 0.4) is 0 Å². The Labute approximate surface area is 189 Å². The molecule has 9 heteroatoms. The number of anilines is 1. The van der Waals surface area contributed by atoms with E-state index in [9.17, 15) is 13.2 Å². The highest BCUT2D eigenvalue weighted by atomic mass is 35.5. The average molecular weight is 475 g/mol. The monoisotopic (exact) mass is 474 g/mol. The van der Waals surface area contributed by atoms with Gasteiger partial charge in [0.1, 0.15) is 5.76 Å². The van der Waals surface area contributed by atoms with Crippen molar-refractivity contribution in [3.8, 4) is 0 Å². The van der Waals surface area contributed by atoms with Gasteiger partial charge in [-0.05, 0) is 55.0 Å². The number of hydrogen-bond acceptors (Lipinski definition) is 6. The number of halogens is 1. The fraction of sp³-hybridized carbons (Fsp3) is 0.182. The summed E-state index contributed by atoms with van der Waals surface area (Å²) >= 11 is 7.68. The van der Waals surface area contributed by atoms with E-state index in [2.05, 4.69) is 4.98 Å². The predicted molar refractivity (Wildman–Crippen MR) is 123 cm³/mol. The maximum absolute atomic E-state index is 13.4. The largest absolute Gasteiger partial charge is 0.467 e. The molecule has 0 saturated carbocycles. The number of rotatable bonds is 6. The van der Waals surface area contributed by atoms with Crippen LogP contribution in [0.4, 0.5) is 5.13 Å². The van der Waals surface area contributed by atoms with E-state index in [-0.39, 0.29) is 23.1 Å². The first-order valence-electron chi connectivity index (χ1n) is 9.53. The molecule has 0 atom stereocenters. The number of fused-ring (bicyclic) bond motifs is 1. The summed E-state index contributed by atoms with van der Waals surface area (Å²) in [5.41, 5.74) is 2.05. The molecule has 0 saturated heterocycles. The van der Waals surface area contributed by atoms with Crippen molar-refractivity contribution in [2.75, 3.05) is 10.7 Å². The lowest BCUT2D eigenvalue weighted by molar-refractivity contribution is 0.0983. The van der Waals surface area contributed by atoms with Gasteiger partial charge in [-0.25, -0.2) is 13.4 Å². The first-order valence-corrected chi connectivity index (χ1v) is 12.4. The fourth-order valence-corrected chi connectivity index (χ4v) is 5.32. The van der Waals surface area contributed by atoms with Crippen molar-refractivity contribution in [2.24, 2.45) is 0 Å². The Bertz CT molecular complexity index is 1310. The summed E-state index contributed by atoms with van der Waals surface area (Å²) in [4.78, 5) is 19.8. The number of amides is 1. The van der Waals surface area contributed by atoms with Gasteiger partial charge in [-0.3, -0.25) is 9.69 Å². The predicted octanol–water partition coefficient (Wildman–Crippen LogP) is 5.49.